The van der Waals surface area contributed by atoms with Crippen LogP contribution in [-0.2, 0) is 13.8 Å². The molecule has 2 atom stereocenters. The minimum atomic E-state index is -4.52. The summed E-state index contributed by atoms with van der Waals surface area (Å²) >= 11 is 0. The van der Waals surface area contributed by atoms with E-state index in [0.717, 1.165) is 0 Å². The number of rotatable bonds is 4. The number of phosphoric acid groups is 1. The molecule has 1 aromatic rings. The zero-order valence-electron chi connectivity index (χ0n) is 12.4. The van der Waals surface area contributed by atoms with Gasteiger partial charge in [0, 0.05) is 7.05 Å². The van der Waals surface area contributed by atoms with Crippen molar-refractivity contribution < 1.29 is 23.6 Å². The lowest BCUT2D eigenvalue weighted by Crippen LogP contribution is -2.38. The van der Waals surface area contributed by atoms with Crippen molar-refractivity contribution in [2.75, 3.05) is 35.9 Å². The fraction of sp³-hybridized carbons (Fsp3) is 0.636. The van der Waals surface area contributed by atoms with Gasteiger partial charge in [-0.1, -0.05) is 0 Å². The van der Waals surface area contributed by atoms with Crippen LogP contribution in [0, 0.1) is 0 Å². The Labute approximate surface area is 131 Å². The highest BCUT2D eigenvalue weighted by Gasteiger charge is 2.38. The van der Waals surface area contributed by atoms with Crippen LogP contribution in [0.4, 0.5) is 17.5 Å². The largest absolute Gasteiger partial charge is 0.469 e. The van der Waals surface area contributed by atoms with Crippen molar-refractivity contribution in [1.82, 2.24) is 9.97 Å². The molecule has 0 amide bonds. The second kappa shape index (κ2) is 5.77. The summed E-state index contributed by atoms with van der Waals surface area (Å²) in [5.74, 6) is 0.462. The summed E-state index contributed by atoms with van der Waals surface area (Å²) in [4.78, 5) is 39.6. The van der Waals surface area contributed by atoms with Gasteiger partial charge < -0.3 is 30.1 Å². The van der Waals surface area contributed by atoms with Crippen molar-refractivity contribution in [2.24, 2.45) is 0 Å². The fourth-order valence-electron chi connectivity index (χ4n) is 2.83. The van der Waals surface area contributed by atoms with Crippen LogP contribution in [0.1, 0.15) is 12.8 Å². The first-order valence-corrected chi connectivity index (χ1v) is 8.51. The maximum Gasteiger partial charge on any atom is 0.469 e. The number of nitrogens with zero attached hydrogens (tertiary/aromatic N) is 3. The molecule has 0 aromatic carbocycles. The Morgan fingerprint density at radius 2 is 2.26 bits per heavy atom. The Bertz CT molecular complexity index is 705. The van der Waals surface area contributed by atoms with Crippen molar-refractivity contribution in [3.63, 3.8) is 0 Å². The van der Waals surface area contributed by atoms with Crippen LogP contribution in [0.2, 0.25) is 0 Å². The van der Waals surface area contributed by atoms with E-state index in [0.29, 0.717) is 31.0 Å². The number of hydrogen-bond acceptors (Lipinski definition) is 8. The first kappa shape index (κ1) is 16.2. The Hall–Kier alpha value is -1.65. The van der Waals surface area contributed by atoms with Crippen LogP contribution < -0.4 is 21.1 Å². The fourth-order valence-corrected chi connectivity index (χ4v) is 3.19. The summed E-state index contributed by atoms with van der Waals surface area (Å²) in [6.45, 7) is 0.216. The Morgan fingerprint density at radius 3 is 2.96 bits per heavy atom. The van der Waals surface area contributed by atoms with Gasteiger partial charge in [0.2, 0.25) is 5.95 Å². The highest BCUT2D eigenvalue weighted by molar-refractivity contribution is 7.46. The molecular formula is C11H18N5O6P. The zero-order valence-corrected chi connectivity index (χ0v) is 13.3. The number of ether oxygens (including phenoxy) is 1. The molecule has 2 aliphatic rings. The molecule has 5 N–H and O–H groups in total. The van der Waals surface area contributed by atoms with Gasteiger partial charge in [0.15, 0.2) is 5.82 Å². The number of phosphoric ester groups is 1. The topological polar surface area (TPSA) is 154 Å². The van der Waals surface area contributed by atoms with Gasteiger partial charge in [-0.3, -0.25) is 14.3 Å². The average molecular weight is 347 g/mol. The van der Waals surface area contributed by atoms with Crippen molar-refractivity contribution >= 4 is 25.3 Å². The first-order chi connectivity index (χ1) is 10.7. The number of aromatic amines is 1. The number of fused-ring (bicyclic) bond motifs is 1. The number of nitrogens with one attached hydrogen (secondary N) is 1. The second-order valence-corrected chi connectivity index (χ2v) is 6.75. The second-order valence-electron chi connectivity index (χ2n) is 5.51. The van der Waals surface area contributed by atoms with Gasteiger partial charge in [-0.15, -0.1) is 0 Å². The molecule has 3 rings (SSSR count). The van der Waals surface area contributed by atoms with Crippen molar-refractivity contribution in [3.8, 4) is 0 Å². The van der Waals surface area contributed by atoms with Crippen LogP contribution in [0.3, 0.4) is 0 Å². The molecular weight excluding hydrogens is 329 g/mol. The summed E-state index contributed by atoms with van der Waals surface area (Å²) in [6.07, 6.45) is 0.412. The molecule has 1 aromatic heterocycles. The van der Waals surface area contributed by atoms with Crippen LogP contribution in [-0.4, -0.2) is 52.4 Å². The lowest BCUT2D eigenvalue weighted by Gasteiger charge is -2.25. The average Bonchev–Trinajstić information content (AvgIpc) is 3.00. The van der Waals surface area contributed by atoms with Gasteiger partial charge in [-0.2, -0.15) is 4.98 Å². The zero-order chi connectivity index (χ0) is 16.8. The molecule has 12 heteroatoms. The lowest BCUT2D eigenvalue weighted by atomic mass is 10.2. The molecule has 2 aliphatic heterocycles. The minimum Gasteiger partial charge on any atom is -0.369 e. The van der Waals surface area contributed by atoms with Gasteiger partial charge in [-0.05, 0) is 12.8 Å². The van der Waals surface area contributed by atoms with E-state index in [1.54, 1.807) is 16.8 Å². The molecule has 0 unspecified atom stereocenters. The Kier molecular flexibility index (Phi) is 4.07. The Balaban J connectivity index is 1.73. The highest BCUT2D eigenvalue weighted by Crippen LogP contribution is 2.39. The highest BCUT2D eigenvalue weighted by atomic mass is 31.2. The van der Waals surface area contributed by atoms with E-state index in [1.807, 2.05) is 0 Å². The van der Waals surface area contributed by atoms with Gasteiger partial charge in [0.1, 0.15) is 11.9 Å². The van der Waals surface area contributed by atoms with E-state index in [-0.39, 0.29) is 24.3 Å². The predicted molar refractivity (Wildman–Crippen MR) is 80.9 cm³/mol. The standard InChI is InChI=1S/C11H18N5O6P/c1-15-5-16(9-8(15)10(17)14-11(12)13-9)7-3-2-6(22-7)4-21-23(18,19)20/h6-7H,2-5H2,1H3,(H2,18,19,20)(H3,12,13,14,17)/t6-,7+/m0/s1. The maximum absolute atomic E-state index is 12.0. The number of hydrogen-bond donors (Lipinski definition) is 4. The van der Waals surface area contributed by atoms with E-state index in [4.69, 9.17) is 20.3 Å². The molecule has 0 bridgehead atoms. The summed E-state index contributed by atoms with van der Waals surface area (Å²) in [6, 6.07) is 0. The molecule has 0 spiro atoms. The monoisotopic (exact) mass is 347 g/mol. The molecule has 1 fully saturated rings. The molecule has 0 aliphatic carbocycles. The lowest BCUT2D eigenvalue weighted by molar-refractivity contribution is 0.0103. The number of anilines is 3. The summed E-state index contributed by atoms with van der Waals surface area (Å²) in [5, 5.41) is 0. The van der Waals surface area contributed by atoms with Crippen LogP contribution in [0.25, 0.3) is 0 Å². The molecule has 23 heavy (non-hydrogen) atoms. The predicted octanol–water partition coefficient (Wildman–Crippen LogP) is -0.820. The smallest absolute Gasteiger partial charge is 0.369 e. The molecule has 1 saturated heterocycles. The third-order valence-corrected chi connectivity index (χ3v) is 4.26. The van der Waals surface area contributed by atoms with E-state index >= 15 is 0 Å². The summed E-state index contributed by atoms with van der Waals surface area (Å²) < 4.78 is 21.0. The van der Waals surface area contributed by atoms with E-state index in [2.05, 4.69) is 14.5 Å². The quantitative estimate of drug-likeness (QED) is 0.508. The number of nitrogens with two attached hydrogens (primary N) is 1. The third kappa shape index (κ3) is 3.33. The minimum absolute atomic E-state index is 0.0217. The van der Waals surface area contributed by atoms with Crippen molar-refractivity contribution in [2.45, 2.75) is 25.2 Å². The van der Waals surface area contributed by atoms with E-state index in [9.17, 15) is 9.36 Å². The van der Waals surface area contributed by atoms with Crippen LogP contribution in [0.15, 0.2) is 4.79 Å². The van der Waals surface area contributed by atoms with Crippen LogP contribution >= 0.6 is 7.82 Å². The Morgan fingerprint density at radius 1 is 1.52 bits per heavy atom. The number of aromatic nitrogens is 2. The summed E-state index contributed by atoms with van der Waals surface area (Å²) in [5.41, 5.74) is 5.69. The van der Waals surface area contributed by atoms with Gasteiger partial charge in [0.05, 0.1) is 19.4 Å². The normalized spacial score (nSPS) is 24.3. The van der Waals surface area contributed by atoms with Crippen molar-refractivity contribution in [3.05, 3.63) is 10.4 Å². The van der Waals surface area contributed by atoms with Gasteiger partial charge in [0.25, 0.3) is 5.56 Å². The number of nitrogen functional groups attached to an aromatic ring is 1. The first-order valence-electron chi connectivity index (χ1n) is 6.98. The van der Waals surface area contributed by atoms with Crippen molar-refractivity contribution in [1.29, 1.82) is 0 Å². The molecule has 11 nitrogen and oxygen atoms in total. The number of H-pyrrole nitrogens is 1. The van der Waals surface area contributed by atoms with Gasteiger partial charge >= 0.3 is 7.82 Å². The van der Waals surface area contributed by atoms with E-state index in [1.165, 1.54) is 0 Å². The molecule has 128 valence electrons. The SMILES string of the molecule is CN1CN([C@H]2CC[C@@H](COP(=O)(O)O)O2)c2nc(N)[nH]c(=O)c21. The maximum atomic E-state index is 12.0. The molecule has 0 saturated carbocycles. The molecule has 0 radical (unpaired) electrons. The molecule has 3 heterocycles. The van der Waals surface area contributed by atoms with E-state index < -0.39 is 13.9 Å². The van der Waals surface area contributed by atoms with Gasteiger partial charge in [-0.25, -0.2) is 4.57 Å². The van der Waals surface area contributed by atoms with Crippen LogP contribution in [0.5, 0.6) is 0 Å². The third-order valence-electron chi connectivity index (χ3n) is 3.77. The summed E-state index contributed by atoms with van der Waals surface area (Å²) in [7, 11) is -2.76.